The molecule has 0 bridgehead atoms. The molecule has 0 saturated carbocycles. The number of rotatable bonds is 9. The number of nitrogens with zero attached hydrogens (tertiary/aromatic N) is 2. The van der Waals surface area contributed by atoms with Crippen molar-refractivity contribution in [1.82, 2.24) is 9.55 Å². The number of ketones is 1. The lowest BCUT2D eigenvalue weighted by Gasteiger charge is -2.21. The predicted octanol–water partition coefficient (Wildman–Crippen LogP) is 7.77. The van der Waals surface area contributed by atoms with Gasteiger partial charge in [0, 0.05) is 30.4 Å². The third-order valence-electron chi connectivity index (χ3n) is 7.08. The highest BCUT2D eigenvalue weighted by Crippen LogP contribution is 2.32. The van der Waals surface area contributed by atoms with Gasteiger partial charge in [-0.15, -0.1) is 0 Å². The average molecular weight is 549 g/mol. The van der Waals surface area contributed by atoms with E-state index in [9.17, 15) is 14.7 Å². The number of carboxylic acid groups (broad SMARTS) is 1. The van der Waals surface area contributed by atoms with E-state index in [1.54, 1.807) is 24.5 Å². The minimum absolute atomic E-state index is 0.0775. The largest absolute Gasteiger partial charge is 0.478 e. The fourth-order valence-electron chi connectivity index (χ4n) is 4.98. The predicted molar refractivity (Wildman–Crippen MR) is 152 cm³/mol. The van der Waals surface area contributed by atoms with E-state index in [4.69, 9.17) is 23.2 Å². The van der Waals surface area contributed by atoms with Crippen molar-refractivity contribution in [2.24, 2.45) is 0 Å². The molecule has 1 N–H and O–H groups in total. The second kappa shape index (κ2) is 11.5. The van der Waals surface area contributed by atoms with Gasteiger partial charge in [-0.1, -0.05) is 52.5 Å². The molecule has 0 spiro atoms. The summed E-state index contributed by atoms with van der Waals surface area (Å²) in [5, 5.41) is 10.7. The van der Waals surface area contributed by atoms with E-state index < -0.39 is 5.97 Å². The van der Waals surface area contributed by atoms with Gasteiger partial charge in [0.1, 0.15) is 0 Å². The number of carboxylic acids is 1. The third kappa shape index (κ3) is 6.01. The van der Waals surface area contributed by atoms with E-state index in [1.165, 1.54) is 0 Å². The molecule has 196 valence electrons. The highest BCUT2D eigenvalue weighted by molar-refractivity contribution is 6.42. The molecular formula is C31H30Cl2N2O3. The number of aryl methyl sites for hydroxylation is 3. The van der Waals surface area contributed by atoms with Crippen LogP contribution < -0.4 is 0 Å². The van der Waals surface area contributed by atoms with E-state index >= 15 is 0 Å². The van der Waals surface area contributed by atoms with E-state index in [0.29, 0.717) is 46.4 Å². The second-order valence-electron chi connectivity index (χ2n) is 9.86. The van der Waals surface area contributed by atoms with Gasteiger partial charge >= 0.3 is 5.97 Å². The molecule has 7 heteroatoms. The van der Waals surface area contributed by atoms with E-state index in [2.05, 4.69) is 4.98 Å². The van der Waals surface area contributed by atoms with E-state index in [1.807, 2.05) is 68.7 Å². The molecule has 0 aliphatic rings. The van der Waals surface area contributed by atoms with Gasteiger partial charge in [0.2, 0.25) is 5.78 Å². The maximum atomic E-state index is 13.4. The molecule has 5 nitrogen and oxygen atoms in total. The van der Waals surface area contributed by atoms with Gasteiger partial charge in [-0.05, 0) is 93.1 Å². The topological polar surface area (TPSA) is 72.2 Å². The van der Waals surface area contributed by atoms with Gasteiger partial charge in [-0.3, -0.25) is 4.79 Å². The van der Waals surface area contributed by atoms with Crippen molar-refractivity contribution in [3.05, 3.63) is 121 Å². The number of aromatic nitrogens is 2. The van der Waals surface area contributed by atoms with Crippen LogP contribution in [-0.4, -0.2) is 26.4 Å². The van der Waals surface area contributed by atoms with Crippen LogP contribution in [0.3, 0.4) is 0 Å². The molecule has 1 aromatic heterocycles. The lowest BCUT2D eigenvalue weighted by Crippen LogP contribution is -2.17. The SMILES string of the molecule is Cc1cc(C)cc(C(=O)c2nccn2CC(CCc2c(C(=O)O)ccc(C)c2C)c2ccc(Cl)c(Cl)c2)c1. The summed E-state index contributed by atoms with van der Waals surface area (Å²) >= 11 is 12.6. The Balaban J connectivity index is 1.69. The molecule has 1 unspecified atom stereocenters. The molecule has 38 heavy (non-hydrogen) atoms. The summed E-state index contributed by atoms with van der Waals surface area (Å²) in [4.78, 5) is 29.8. The van der Waals surface area contributed by atoms with Crippen molar-refractivity contribution in [2.75, 3.05) is 0 Å². The molecule has 0 saturated heterocycles. The van der Waals surface area contributed by atoms with Gasteiger partial charge in [0.05, 0.1) is 15.6 Å². The van der Waals surface area contributed by atoms with Crippen LogP contribution in [0.4, 0.5) is 0 Å². The van der Waals surface area contributed by atoms with Crippen LogP contribution >= 0.6 is 23.2 Å². The Morgan fingerprint density at radius 2 is 1.66 bits per heavy atom. The summed E-state index contributed by atoms with van der Waals surface area (Å²) in [6.45, 7) is 8.35. The standard InChI is InChI=1S/C31H30Cl2N2O3/c1-18-13-19(2)15-24(14-18)29(36)30-34-11-12-35(30)17-23(22-7-10-27(32)28(33)16-22)6-9-25-21(4)20(3)5-8-26(25)31(37)38/h5,7-8,10-16,23H,6,9,17H2,1-4H3,(H,37,38). The highest BCUT2D eigenvalue weighted by Gasteiger charge is 2.22. The normalized spacial score (nSPS) is 11.9. The molecule has 0 fully saturated rings. The van der Waals surface area contributed by atoms with Crippen molar-refractivity contribution < 1.29 is 14.7 Å². The van der Waals surface area contributed by atoms with Crippen LogP contribution in [0.25, 0.3) is 0 Å². The quantitative estimate of drug-likeness (QED) is 0.217. The number of imidazole rings is 1. The monoisotopic (exact) mass is 548 g/mol. The fourth-order valence-corrected chi connectivity index (χ4v) is 5.29. The van der Waals surface area contributed by atoms with Crippen molar-refractivity contribution in [2.45, 2.75) is 53.0 Å². The number of aromatic carboxylic acids is 1. The van der Waals surface area contributed by atoms with Crippen LogP contribution in [0.1, 0.15) is 72.3 Å². The average Bonchev–Trinajstić information content (AvgIpc) is 3.32. The first-order chi connectivity index (χ1) is 18.0. The Bertz CT molecular complexity index is 1500. The van der Waals surface area contributed by atoms with Gasteiger partial charge in [-0.2, -0.15) is 0 Å². The van der Waals surface area contributed by atoms with E-state index in [-0.39, 0.29) is 11.7 Å². The zero-order chi connectivity index (χ0) is 27.6. The van der Waals surface area contributed by atoms with Crippen LogP contribution in [0.2, 0.25) is 10.0 Å². The van der Waals surface area contributed by atoms with Gasteiger partial charge in [0.15, 0.2) is 5.82 Å². The Labute approximate surface area is 233 Å². The molecule has 0 aliphatic carbocycles. The van der Waals surface area contributed by atoms with Crippen molar-refractivity contribution in [1.29, 1.82) is 0 Å². The Morgan fingerprint density at radius 3 is 2.32 bits per heavy atom. The lowest BCUT2D eigenvalue weighted by molar-refractivity contribution is 0.0695. The first-order valence-electron chi connectivity index (χ1n) is 12.5. The van der Waals surface area contributed by atoms with Crippen molar-refractivity contribution >= 4 is 35.0 Å². The summed E-state index contributed by atoms with van der Waals surface area (Å²) in [6.07, 6.45) is 4.63. The highest BCUT2D eigenvalue weighted by atomic mass is 35.5. The number of hydrogen-bond acceptors (Lipinski definition) is 3. The van der Waals surface area contributed by atoms with Gasteiger partial charge in [-0.25, -0.2) is 9.78 Å². The molecule has 0 radical (unpaired) electrons. The summed E-state index contributed by atoms with van der Waals surface area (Å²) in [5.74, 6) is -0.799. The summed E-state index contributed by atoms with van der Waals surface area (Å²) in [5.41, 5.74) is 6.75. The maximum Gasteiger partial charge on any atom is 0.335 e. The molecule has 3 aromatic carbocycles. The number of carbonyl (C=O) groups is 2. The number of benzene rings is 3. The van der Waals surface area contributed by atoms with E-state index in [0.717, 1.165) is 33.4 Å². The van der Waals surface area contributed by atoms with Crippen LogP contribution in [0.15, 0.2) is 60.9 Å². The molecular weight excluding hydrogens is 519 g/mol. The Morgan fingerprint density at radius 1 is 0.947 bits per heavy atom. The van der Waals surface area contributed by atoms with Crippen LogP contribution in [0, 0.1) is 27.7 Å². The molecule has 1 heterocycles. The third-order valence-corrected chi connectivity index (χ3v) is 7.82. The zero-order valence-corrected chi connectivity index (χ0v) is 23.4. The Kier molecular flexibility index (Phi) is 8.39. The van der Waals surface area contributed by atoms with Gasteiger partial charge < -0.3 is 9.67 Å². The first-order valence-corrected chi connectivity index (χ1v) is 13.2. The van der Waals surface area contributed by atoms with Crippen LogP contribution in [0.5, 0.6) is 0 Å². The molecule has 4 aromatic rings. The number of carbonyl (C=O) groups excluding carboxylic acids is 1. The summed E-state index contributed by atoms with van der Waals surface area (Å²) in [7, 11) is 0. The molecule has 0 aliphatic heterocycles. The molecule has 1 atom stereocenters. The van der Waals surface area contributed by atoms with Gasteiger partial charge in [0.25, 0.3) is 0 Å². The second-order valence-corrected chi connectivity index (χ2v) is 10.7. The van der Waals surface area contributed by atoms with Crippen molar-refractivity contribution in [3.8, 4) is 0 Å². The fraction of sp³-hybridized carbons (Fsp3) is 0.258. The molecule has 4 rings (SSSR count). The molecule has 0 amide bonds. The van der Waals surface area contributed by atoms with Crippen molar-refractivity contribution in [3.63, 3.8) is 0 Å². The number of hydrogen-bond donors (Lipinski definition) is 1. The zero-order valence-electron chi connectivity index (χ0n) is 21.9. The smallest absolute Gasteiger partial charge is 0.335 e. The number of halogens is 2. The lowest BCUT2D eigenvalue weighted by atomic mass is 9.88. The summed E-state index contributed by atoms with van der Waals surface area (Å²) in [6, 6.07) is 14.8. The Hall–Kier alpha value is -3.41. The first kappa shape index (κ1) is 27.6. The minimum atomic E-state index is -0.940. The van der Waals surface area contributed by atoms with Crippen LogP contribution in [-0.2, 0) is 13.0 Å². The summed E-state index contributed by atoms with van der Waals surface area (Å²) < 4.78 is 1.87. The maximum absolute atomic E-state index is 13.4. The minimum Gasteiger partial charge on any atom is -0.478 e.